The highest BCUT2D eigenvalue weighted by atomic mass is 35.5. The first-order valence-electron chi connectivity index (χ1n) is 10.1. The maximum Gasteiger partial charge on any atom is 0.306 e. The Morgan fingerprint density at radius 3 is 2.81 bits per heavy atom. The van der Waals surface area contributed by atoms with Gasteiger partial charge in [-0.05, 0) is 56.2 Å². The predicted molar refractivity (Wildman–Crippen MR) is 121 cm³/mol. The number of rotatable bonds is 6. The largest absolute Gasteiger partial charge is 0.466 e. The minimum absolute atomic E-state index is 0.220. The van der Waals surface area contributed by atoms with Crippen LogP contribution in [0.1, 0.15) is 30.0 Å². The number of ether oxygens (including phenoxy) is 1. The van der Waals surface area contributed by atoms with E-state index in [1.54, 1.807) is 6.92 Å². The molecule has 0 unspecified atom stereocenters. The summed E-state index contributed by atoms with van der Waals surface area (Å²) in [5, 5.41) is 14.0. The molecule has 6 nitrogen and oxygen atoms in total. The quantitative estimate of drug-likeness (QED) is 0.332. The van der Waals surface area contributed by atoms with Gasteiger partial charge in [0.25, 0.3) is 0 Å². The second-order valence-corrected chi connectivity index (χ2v) is 7.64. The molecule has 2 N–H and O–H groups in total. The van der Waals surface area contributed by atoms with Crippen LogP contribution in [-0.4, -0.2) is 17.6 Å². The van der Waals surface area contributed by atoms with Gasteiger partial charge in [-0.3, -0.25) is 15.1 Å². The fourth-order valence-corrected chi connectivity index (χ4v) is 4.05. The molecule has 2 aromatic heterocycles. The topological polar surface area (TPSA) is 82.0 Å². The third-order valence-corrected chi connectivity index (χ3v) is 5.51. The first-order valence-corrected chi connectivity index (χ1v) is 10.5. The highest BCUT2D eigenvalue weighted by Gasteiger charge is 2.26. The van der Waals surface area contributed by atoms with Crippen molar-refractivity contribution in [2.45, 2.75) is 26.7 Å². The highest BCUT2D eigenvalue weighted by molar-refractivity contribution is 6.30. The lowest BCUT2D eigenvalue weighted by Crippen LogP contribution is -2.29. The maximum absolute atomic E-state index is 12.1. The van der Waals surface area contributed by atoms with E-state index in [0.29, 0.717) is 29.3 Å². The number of carbonyl (C=O) groups is 1. The molecule has 2 aromatic carbocycles. The lowest BCUT2D eigenvalue weighted by Gasteiger charge is -2.14. The second kappa shape index (κ2) is 8.66. The van der Waals surface area contributed by atoms with Gasteiger partial charge >= 0.3 is 5.97 Å². The number of hydrogen-bond acceptors (Lipinski definition) is 4. The van der Waals surface area contributed by atoms with E-state index in [2.05, 4.69) is 16.4 Å². The first kappa shape index (κ1) is 20.7. The molecule has 0 aliphatic rings. The van der Waals surface area contributed by atoms with E-state index in [1.165, 1.54) is 0 Å². The van der Waals surface area contributed by atoms with Crippen LogP contribution in [0.15, 0.2) is 48.5 Å². The molecule has 0 atom stereocenters. The number of H-pyrrole nitrogens is 1. The van der Waals surface area contributed by atoms with Crippen molar-refractivity contribution in [3.05, 3.63) is 70.2 Å². The van der Waals surface area contributed by atoms with Gasteiger partial charge in [0.2, 0.25) is 11.5 Å². The Hall–Kier alpha value is -3.56. The van der Waals surface area contributed by atoms with Crippen molar-refractivity contribution in [3.63, 3.8) is 0 Å². The fraction of sp³-hybridized carbons (Fsp3) is 0.208. The lowest BCUT2D eigenvalue weighted by atomic mass is 10.00. The summed E-state index contributed by atoms with van der Waals surface area (Å²) in [5.41, 5.74) is 5.60. The van der Waals surface area contributed by atoms with Gasteiger partial charge in [0, 0.05) is 17.0 Å². The SMILES string of the molecule is CCOC(=O)CCc1c(C)c(C#N)c2[nH]c3ccccc3[n+]2c1Nc1cccc(Cl)c1. The molecule has 156 valence electrons. The molecule has 0 saturated carbocycles. The van der Waals surface area contributed by atoms with Crippen LogP contribution in [0.3, 0.4) is 0 Å². The van der Waals surface area contributed by atoms with Gasteiger partial charge in [-0.2, -0.15) is 9.66 Å². The van der Waals surface area contributed by atoms with Gasteiger partial charge in [0.05, 0.1) is 12.3 Å². The van der Waals surface area contributed by atoms with Crippen molar-refractivity contribution >= 4 is 45.8 Å². The van der Waals surface area contributed by atoms with E-state index in [0.717, 1.165) is 33.7 Å². The number of halogens is 1. The number of para-hydroxylation sites is 2. The molecule has 0 saturated heterocycles. The number of nitrogens with one attached hydrogen (secondary N) is 2. The summed E-state index contributed by atoms with van der Waals surface area (Å²) in [6.45, 7) is 4.04. The Balaban J connectivity index is 1.98. The number of aromatic amines is 1. The number of fused-ring (bicyclic) bond motifs is 3. The summed E-state index contributed by atoms with van der Waals surface area (Å²) < 4.78 is 7.12. The van der Waals surface area contributed by atoms with Gasteiger partial charge in [0.15, 0.2) is 0 Å². The van der Waals surface area contributed by atoms with E-state index in [4.69, 9.17) is 16.3 Å². The van der Waals surface area contributed by atoms with Crippen LogP contribution < -0.4 is 9.72 Å². The van der Waals surface area contributed by atoms with Gasteiger partial charge in [-0.25, -0.2) is 0 Å². The third kappa shape index (κ3) is 3.92. The van der Waals surface area contributed by atoms with E-state index < -0.39 is 0 Å². The third-order valence-electron chi connectivity index (χ3n) is 5.28. The van der Waals surface area contributed by atoms with Crippen molar-refractivity contribution in [1.82, 2.24) is 4.98 Å². The number of nitriles is 1. The summed E-state index contributed by atoms with van der Waals surface area (Å²) in [5.74, 6) is 0.522. The van der Waals surface area contributed by atoms with Gasteiger partial charge in [-0.1, -0.05) is 29.8 Å². The zero-order valence-electron chi connectivity index (χ0n) is 17.3. The monoisotopic (exact) mass is 433 g/mol. The molecule has 0 aliphatic carbocycles. The minimum Gasteiger partial charge on any atom is -0.466 e. The molecule has 4 aromatic rings. The minimum atomic E-state index is -0.266. The molecule has 0 radical (unpaired) electrons. The van der Waals surface area contributed by atoms with Crippen molar-refractivity contribution in [2.24, 2.45) is 0 Å². The number of benzene rings is 2. The van der Waals surface area contributed by atoms with Crippen LogP contribution in [-0.2, 0) is 16.0 Å². The van der Waals surface area contributed by atoms with Crippen molar-refractivity contribution < 1.29 is 13.9 Å². The number of imidazole rings is 1. The van der Waals surface area contributed by atoms with E-state index >= 15 is 0 Å². The van der Waals surface area contributed by atoms with E-state index in [9.17, 15) is 10.1 Å². The Kier molecular flexibility index (Phi) is 5.79. The highest BCUT2D eigenvalue weighted by Crippen LogP contribution is 2.29. The molecule has 0 bridgehead atoms. The van der Waals surface area contributed by atoms with Gasteiger partial charge in [0.1, 0.15) is 22.7 Å². The Bertz CT molecular complexity index is 1340. The van der Waals surface area contributed by atoms with Gasteiger partial charge in [-0.15, -0.1) is 0 Å². The van der Waals surface area contributed by atoms with Crippen LogP contribution in [0, 0.1) is 18.3 Å². The standard InChI is InChI=1S/C24H21ClN4O2/c1-3-31-22(30)12-11-18-15(2)19(14-26)24-28-20-9-4-5-10-21(20)29(24)23(18)27-17-8-6-7-16(25)13-17/h4-10,13H,3,11-12H2,1-2H3,(H,27,28)/p+1. The average Bonchev–Trinajstić information content (AvgIpc) is 3.13. The normalized spacial score (nSPS) is 10.9. The summed E-state index contributed by atoms with van der Waals surface area (Å²) in [7, 11) is 0. The molecule has 0 spiro atoms. The smallest absolute Gasteiger partial charge is 0.306 e. The van der Waals surface area contributed by atoms with Crippen LogP contribution >= 0.6 is 11.6 Å². The lowest BCUT2D eigenvalue weighted by molar-refractivity contribution is -0.465. The number of esters is 1. The second-order valence-electron chi connectivity index (χ2n) is 7.21. The number of nitrogens with zero attached hydrogens (tertiary/aromatic N) is 2. The van der Waals surface area contributed by atoms with Crippen LogP contribution in [0.4, 0.5) is 11.5 Å². The Morgan fingerprint density at radius 1 is 1.26 bits per heavy atom. The number of aromatic nitrogens is 2. The predicted octanol–water partition coefficient (Wildman–Crippen LogP) is 4.98. The molecule has 0 amide bonds. The van der Waals surface area contributed by atoms with Crippen molar-refractivity contribution in [1.29, 1.82) is 5.26 Å². The number of carbonyl (C=O) groups excluding carboxylic acids is 1. The zero-order valence-corrected chi connectivity index (χ0v) is 18.1. The summed E-state index contributed by atoms with van der Waals surface area (Å²) in [6, 6.07) is 17.7. The van der Waals surface area contributed by atoms with E-state index in [1.807, 2.05) is 59.9 Å². The molecular weight excluding hydrogens is 412 g/mol. The molecule has 31 heavy (non-hydrogen) atoms. The number of pyridine rings is 1. The molecule has 0 fully saturated rings. The van der Waals surface area contributed by atoms with Crippen LogP contribution in [0.25, 0.3) is 16.7 Å². The average molecular weight is 434 g/mol. The van der Waals surface area contributed by atoms with Crippen molar-refractivity contribution in [3.8, 4) is 6.07 Å². The van der Waals surface area contributed by atoms with Crippen LogP contribution in [0.2, 0.25) is 5.02 Å². The van der Waals surface area contributed by atoms with E-state index in [-0.39, 0.29) is 12.4 Å². The maximum atomic E-state index is 12.1. The molecular formula is C24H22ClN4O2+. The molecule has 4 rings (SSSR count). The van der Waals surface area contributed by atoms with Gasteiger partial charge < -0.3 is 4.74 Å². The summed E-state index contributed by atoms with van der Waals surface area (Å²) >= 11 is 6.20. The van der Waals surface area contributed by atoms with Crippen LogP contribution in [0.5, 0.6) is 0 Å². The van der Waals surface area contributed by atoms with Crippen molar-refractivity contribution in [2.75, 3.05) is 11.9 Å². The molecule has 7 heteroatoms. The first-order chi connectivity index (χ1) is 15.0. The number of anilines is 2. The number of hydrogen-bond donors (Lipinski definition) is 2. The zero-order chi connectivity index (χ0) is 22.0. The summed E-state index contributed by atoms with van der Waals surface area (Å²) in [6.07, 6.45) is 0.656. The molecule has 0 aliphatic heterocycles. The molecule has 2 heterocycles. The Morgan fingerprint density at radius 2 is 2.06 bits per heavy atom. The summed E-state index contributed by atoms with van der Waals surface area (Å²) in [4.78, 5) is 15.5. The Labute approximate surface area is 185 Å². The fourth-order valence-electron chi connectivity index (χ4n) is 3.86.